The van der Waals surface area contributed by atoms with E-state index in [0.717, 1.165) is 42.8 Å². The Hall–Kier alpha value is -2.47. The molecular formula is C22H19N3P2. The van der Waals surface area contributed by atoms with E-state index in [1.807, 2.05) is 36.4 Å². The Morgan fingerprint density at radius 2 is 1.26 bits per heavy atom. The molecule has 0 spiro atoms. The van der Waals surface area contributed by atoms with E-state index in [-0.39, 0.29) is 0 Å². The van der Waals surface area contributed by atoms with Crippen molar-refractivity contribution >= 4 is 17.2 Å². The predicted octanol–water partition coefficient (Wildman–Crippen LogP) is 5.84. The third kappa shape index (κ3) is 4.27. The Bertz CT molecular complexity index is 963. The van der Waals surface area contributed by atoms with Gasteiger partial charge in [-0.15, -0.1) is 8.93 Å². The van der Waals surface area contributed by atoms with Crippen molar-refractivity contribution in [2.24, 2.45) is 0 Å². The zero-order valence-corrected chi connectivity index (χ0v) is 16.9. The number of benzene rings is 1. The van der Waals surface area contributed by atoms with E-state index >= 15 is 0 Å². The van der Waals surface area contributed by atoms with E-state index < -0.39 is 0 Å². The van der Waals surface area contributed by atoms with Crippen molar-refractivity contribution in [1.82, 2.24) is 15.0 Å². The van der Waals surface area contributed by atoms with Gasteiger partial charge in [-0.2, -0.15) is 0 Å². The Balaban J connectivity index is 1.83. The maximum atomic E-state index is 4.82. The van der Waals surface area contributed by atoms with Crippen LogP contribution >= 0.6 is 17.2 Å². The van der Waals surface area contributed by atoms with Crippen LogP contribution in [0.5, 0.6) is 0 Å². The summed E-state index contributed by atoms with van der Waals surface area (Å²) in [6.07, 6.45) is 4.69. The summed E-state index contributed by atoms with van der Waals surface area (Å²) in [4.78, 5) is 13.8. The highest BCUT2D eigenvalue weighted by Gasteiger charge is 2.10. The molecule has 0 bridgehead atoms. The van der Waals surface area contributed by atoms with Gasteiger partial charge in [0.25, 0.3) is 0 Å². The maximum absolute atomic E-state index is 4.82. The van der Waals surface area contributed by atoms with E-state index in [1.165, 1.54) is 11.1 Å². The lowest BCUT2D eigenvalue weighted by Gasteiger charge is -2.10. The number of hydrogen-bond donors (Lipinski definition) is 0. The van der Waals surface area contributed by atoms with Gasteiger partial charge in [-0.05, 0) is 59.3 Å². The minimum absolute atomic E-state index is 0.847. The van der Waals surface area contributed by atoms with Crippen molar-refractivity contribution in [3.63, 3.8) is 0 Å². The summed E-state index contributed by atoms with van der Waals surface area (Å²) in [6, 6.07) is 24.7. The Kier molecular flexibility index (Phi) is 5.63. The molecule has 132 valence electrons. The number of pyridine rings is 3. The first-order valence-electron chi connectivity index (χ1n) is 8.71. The van der Waals surface area contributed by atoms with Gasteiger partial charge in [0.15, 0.2) is 0 Å². The minimum Gasteiger partial charge on any atom is -0.255 e. The molecule has 0 aliphatic carbocycles. The van der Waals surface area contributed by atoms with Crippen molar-refractivity contribution in [2.45, 2.75) is 6.16 Å². The van der Waals surface area contributed by atoms with Gasteiger partial charge in [0, 0.05) is 12.4 Å². The lowest BCUT2D eigenvalue weighted by molar-refractivity contribution is 1.22. The number of nitrogens with zero attached hydrogens (tertiary/aromatic N) is 3. The molecule has 0 N–H and O–H groups in total. The standard InChI is InChI=1S/C22H19N3P2/c26-27-15-16-7-9-17(10-8-16)18-13-21(19-5-1-3-11-23-19)25-22(14-18)20-6-2-4-12-24-20/h1-14,27H,15,26H2. The third-order valence-electron chi connectivity index (χ3n) is 4.27. The molecule has 5 heteroatoms. The van der Waals surface area contributed by atoms with Gasteiger partial charge in [0.2, 0.25) is 0 Å². The Morgan fingerprint density at radius 3 is 1.74 bits per heavy atom. The second kappa shape index (κ2) is 8.48. The van der Waals surface area contributed by atoms with Crippen molar-refractivity contribution < 1.29 is 0 Å². The number of hydrogen-bond acceptors (Lipinski definition) is 3. The smallest absolute Gasteiger partial charge is 0.0900 e. The maximum Gasteiger partial charge on any atom is 0.0900 e. The highest BCUT2D eigenvalue weighted by atomic mass is 32.0. The SMILES string of the molecule is PPCc1ccc(-c2cc(-c3ccccn3)nc(-c3ccccn3)c2)cc1. The molecule has 0 aliphatic rings. The first kappa shape index (κ1) is 17.9. The lowest BCUT2D eigenvalue weighted by atomic mass is 10.0. The van der Waals surface area contributed by atoms with Crippen LogP contribution in [0.15, 0.2) is 85.2 Å². The molecule has 4 rings (SSSR count). The molecule has 0 fully saturated rings. The van der Waals surface area contributed by atoms with Gasteiger partial charge in [-0.25, -0.2) is 4.98 Å². The van der Waals surface area contributed by atoms with Crippen LogP contribution in [-0.2, 0) is 6.16 Å². The topological polar surface area (TPSA) is 38.7 Å². The summed E-state index contributed by atoms with van der Waals surface area (Å²) in [7, 11) is 3.65. The predicted molar refractivity (Wildman–Crippen MR) is 118 cm³/mol. The van der Waals surface area contributed by atoms with Crippen molar-refractivity contribution in [3.8, 4) is 33.9 Å². The molecular weight excluding hydrogens is 368 g/mol. The summed E-state index contributed by atoms with van der Waals surface area (Å²) in [6.45, 7) is 0. The molecule has 3 aromatic heterocycles. The van der Waals surface area contributed by atoms with Crippen molar-refractivity contribution in [2.75, 3.05) is 0 Å². The van der Waals surface area contributed by atoms with Crippen LogP contribution in [0.1, 0.15) is 5.56 Å². The Morgan fingerprint density at radius 1 is 0.667 bits per heavy atom. The van der Waals surface area contributed by atoms with Crippen molar-refractivity contribution in [3.05, 3.63) is 90.8 Å². The molecule has 0 aliphatic heterocycles. The average Bonchev–Trinajstić information content (AvgIpc) is 2.75. The van der Waals surface area contributed by atoms with E-state index in [2.05, 4.69) is 55.3 Å². The van der Waals surface area contributed by atoms with Crippen LogP contribution in [0.25, 0.3) is 33.9 Å². The average molecular weight is 387 g/mol. The monoisotopic (exact) mass is 387 g/mol. The van der Waals surface area contributed by atoms with Crippen LogP contribution in [-0.4, -0.2) is 15.0 Å². The normalized spacial score (nSPS) is 11.1. The molecule has 0 saturated carbocycles. The molecule has 0 amide bonds. The third-order valence-corrected chi connectivity index (χ3v) is 5.50. The van der Waals surface area contributed by atoms with Crippen LogP contribution in [0, 0.1) is 0 Å². The molecule has 3 heterocycles. The number of rotatable bonds is 5. The zero-order valence-electron chi connectivity index (χ0n) is 14.7. The van der Waals surface area contributed by atoms with Crippen LogP contribution < -0.4 is 0 Å². The molecule has 0 saturated heterocycles. The highest BCUT2D eigenvalue weighted by molar-refractivity contribution is 8.02. The van der Waals surface area contributed by atoms with E-state index in [1.54, 1.807) is 12.4 Å². The van der Waals surface area contributed by atoms with Crippen LogP contribution in [0.2, 0.25) is 0 Å². The minimum atomic E-state index is 0.847. The summed E-state index contributed by atoms with van der Waals surface area (Å²) in [5, 5.41) is 0. The fourth-order valence-electron chi connectivity index (χ4n) is 2.92. The summed E-state index contributed by atoms with van der Waals surface area (Å²) < 4.78 is 0. The fraction of sp³-hybridized carbons (Fsp3) is 0.0455. The Labute approximate surface area is 163 Å². The van der Waals surface area contributed by atoms with E-state index in [9.17, 15) is 0 Å². The molecule has 27 heavy (non-hydrogen) atoms. The molecule has 4 aromatic rings. The summed E-state index contributed by atoms with van der Waals surface area (Å²) in [5.74, 6) is 0. The lowest BCUT2D eigenvalue weighted by Crippen LogP contribution is -1.94. The fourth-order valence-corrected chi connectivity index (χ4v) is 4.10. The first-order chi connectivity index (χ1) is 13.3. The van der Waals surface area contributed by atoms with Crippen LogP contribution in [0.3, 0.4) is 0 Å². The second-order valence-electron chi connectivity index (χ2n) is 6.13. The van der Waals surface area contributed by atoms with Gasteiger partial charge in [-0.1, -0.05) is 44.7 Å². The van der Waals surface area contributed by atoms with Gasteiger partial charge in [0.05, 0.1) is 22.8 Å². The molecule has 2 unspecified atom stereocenters. The molecule has 0 radical (unpaired) electrons. The second-order valence-corrected chi connectivity index (χ2v) is 8.12. The summed E-state index contributed by atoms with van der Waals surface area (Å²) >= 11 is 0. The van der Waals surface area contributed by atoms with Gasteiger partial charge >= 0.3 is 0 Å². The van der Waals surface area contributed by atoms with Gasteiger partial charge < -0.3 is 0 Å². The van der Waals surface area contributed by atoms with E-state index in [0.29, 0.717) is 0 Å². The summed E-state index contributed by atoms with van der Waals surface area (Å²) in [5.41, 5.74) is 7.06. The van der Waals surface area contributed by atoms with Gasteiger partial charge in [-0.3, -0.25) is 9.97 Å². The van der Waals surface area contributed by atoms with Crippen LogP contribution in [0.4, 0.5) is 0 Å². The highest BCUT2D eigenvalue weighted by Crippen LogP contribution is 2.30. The largest absolute Gasteiger partial charge is 0.255 e. The molecule has 1 aromatic carbocycles. The molecule has 2 atom stereocenters. The quantitative estimate of drug-likeness (QED) is 0.404. The number of aromatic nitrogens is 3. The first-order valence-corrected chi connectivity index (χ1v) is 11.7. The van der Waals surface area contributed by atoms with Gasteiger partial charge in [0.1, 0.15) is 0 Å². The van der Waals surface area contributed by atoms with E-state index in [4.69, 9.17) is 4.98 Å². The van der Waals surface area contributed by atoms with Crippen molar-refractivity contribution in [1.29, 1.82) is 0 Å². The zero-order chi connectivity index (χ0) is 18.5. The molecule has 3 nitrogen and oxygen atoms in total.